The second-order valence-corrected chi connectivity index (χ2v) is 6.70. The molecule has 1 atom stereocenters. The Kier molecular flexibility index (Phi) is 4.04. The Morgan fingerprint density at radius 2 is 1.90 bits per heavy atom. The van der Waals surface area contributed by atoms with Gasteiger partial charge in [-0.15, -0.1) is 11.3 Å². The number of hydrogen-bond donors (Lipinski definition) is 1. The topological polar surface area (TPSA) is 24.9 Å². The molecular weight excluding hydrogens is 276 g/mol. The molecule has 0 saturated carbocycles. The summed E-state index contributed by atoms with van der Waals surface area (Å²) in [5.41, 5.74) is 2.33. The highest BCUT2D eigenvalue weighted by Crippen LogP contribution is 2.36. The average molecular weight is 296 g/mol. The van der Waals surface area contributed by atoms with Crippen LogP contribution in [0.2, 0.25) is 0 Å². The predicted octanol–water partition coefficient (Wildman–Crippen LogP) is 4.88. The Morgan fingerprint density at radius 1 is 1.05 bits per heavy atom. The second kappa shape index (κ2) is 5.96. The van der Waals surface area contributed by atoms with Crippen molar-refractivity contribution >= 4 is 22.2 Å². The van der Waals surface area contributed by atoms with Crippen molar-refractivity contribution in [2.24, 2.45) is 5.92 Å². The lowest BCUT2D eigenvalue weighted by molar-refractivity contribution is 0.449. The smallest absolute Gasteiger partial charge is 0.0708 e. The third-order valence-electron chi connectivity index (χ3n) is 3.82. The van der Waals surface area contributed by atoms with E-state index in [4.69, 9.17) is 0 Å². The Balaban J connectivity index is 2.06. The Morgan fingerprint density at radius 3 is 2.67 bits per heavy atom. The lowest BCUT2D eigenvalue weighted by atomic mass is 10.0. The number of thiophene rings is 1. The van der Waals surface area contributed by atoms with Crippen molar-refractivity contribution in [1.29, 1.82) is 0 Å². The molecule has 0 amide bonds. The highest BCUT2D eigenvalue weighted by molar-refractivity contribution is 7.15. The number of nitrogens with zero attached hydrogens (tertiary/aromatic N) is 1. The van der Waals surface area contributed by atoms with Crippen molar-refractivity contribution < 1.29 is 0 Å². The fraction of sp³-hybridized carbons (Fsp3) is 0.278. The summed E-state index contributed by atoms with van der Waals surface area (Å²) in [7, 11) is 2.03. The van der Waals surface area contributed by atoms with E-state index in [1.54, 1.807) is 0 Å². The van der Waals surface area contributed by atoms with E-state index in [9.17, 15) is 0 Å². The van der Waals surface area contributed by atoms with Gasteiger partial charge in [0.2, 0.25) is 0 Å². The number of pyridine rings is 1. The summed E-state index contributed by atoms with van der Waals surface area (Å²) >= 11 is 1.87. The molecule has 2 heterocycles. The fourth-order valence-electron chi connectivity index (χ4n) is 2.79. The number of rotatable bonds is 4. The van der Waals surface area contributed by atoms with Gasteiger partial charge in [-0.3, -0.25) is 4.98 Å². The van der Waals surface area contributed by atoms with Crippen molar-refractivity contribution in [3.63, 3.8) is 0 Å². The van der Waals surface area contributed by atoms with E-state index in [-0.39, 0.29) is 0 Å². The van der Waals surface area contributed by atoms with Crippen molar-refractivity contribution in [3.8, 4) is 10.4 Å². The van der Waals surface area contributed by atoms with Crippen LogP contribution in [-0.4, -0.2) is 12.0 Å². The zero-order valence-corrected chi connectivity index (χ0v) is 13.4. The van der Waals surface area contributed by atoms with Crippen LogP contribution in [0.15, 0.2) is 48.7 Å². The molecule has 2 aromatic heterocycles. The number of aromatic nitrogens is 1. The molecule has 3 heteroatoms. The van der Waals surface area contributed by atoms with Crippen molar-refractivity contribution in [1.82, 2.24) is 10.3 Å². The minimum Gasteiger partial charge on any atom is -0.312 e. The molecule has 3 rings (SSSR count). The summed E-state index contributed by atoms with van der Waals surface area (Å²) in [5.74, 6) is 0.579. The first-order chi connectivity index (χ1) is 10.2. The van der Waals surface area contributed by atoms with Gasteiger partial charge in [0.05, 0.1) is 5.52 Å². The maximum Gasteiger partial charge on any atom is 0.0708 e. The van der Waals surface area contributed by atoms with Crippen LogP contribution in [0.1, 0.15) is 24.8 Å². The van der Waals surface area contributed by atoms with E-state index >= 15 is 0 Å². The molecule has 0 fully saturated rings. The summed E-state index contributed by atoms with van der Waals surface area (Å²) in [6.07, 6.45) is 1.85. The third kappa shape index (κ3) is 2.71. The van der Waals surface area contributed by atoms with Crippen LogP contribution in [0.5, 0.6) is 0 Å². The predicted molar refractivity (Wildman–Crippen MR) is 91.7 cm³/mol. The van der Waals surface area contributed by atoms with Crippen molar-refractivity contribution in [2.45, 2.75) is 19.9 Å². The molecule has 3 aromatic rings. The van der Waals surface area contributed by atoms with Crippen LogP contribution in [-0.2, 0) is 0 Å². The van der Waals surface area contributed by atoms with Gasteiger partial charge in [-0.1, -0.05) is 32.0 Å². The van der Waals surface area contributed by atoms with E-state index in [2.05, 4.69) is 60.5 Å². The van der Waals surface area contributed by atoms with Gasteiger partial charge >= 0.3 is 0 Å². The highest BCUT2D eigenvalue weighted by atomic mass is 32.1. The van der Waals surface area contributed by atoms with Gasteiger partial charge in [-0.2, -0.15) is 0 Å². The standard InChI is InChI=1S/C18H20N2S/c1-12(2)18(19-3)17-10-9-16(21-17)14-6-4-8-15-13(14)7-5-11-20-15/h4-12,18-19H,1-3H3. The van der Waals surface area contributed by atoms with E-state index in [0.717, 1.165) is 5.52 Å². The number of nitrogens with one attached hydrogen (secondary N) is 1. The van der Waals surface area contributed by atoms with Crippen LogP contribution in [0.4, 0.5) is 0 Å². The molecule has 2 nitrogen and oxygen atoms in total. The molecular formula is C18H20N2S. The molecule has 0 saturated heterocycles. The summed E-state index contributed by atoms with van der Waals surface area (Å²) in [5, 5.41) is 4.64. The zero-order valence-electron chi connectivity index (χ0n) is 12.6. The first kappa shape index (κ1) is 14.2. The monoisotopic (exact) mass is 296 g/mol. The van der Waals surface area contributed by atoms with Gasteiger partial charge in [0.15, 0.2) is 0 Å². The van der Waals surface area contributed by atoms with Crippen LogP contribution in [0.25, 0.3) is 21.3 Å². The molecule has 0 bridgehead atoms. The van der Waals surface area contributed by atoms with E-state index in [0.29, 0.717) is 12.0 Å². The molecule has 0 radical (unpaired) electrons. The molecule has 0 aliphatic carbocycles. The maximum absolute atomic E-state index is 4.45. The minimum absolute atomic E-state index is 0.414. The van der Waals surface area contributed by atoms with Crippen molar-refractivity contribution in [3.05, 3.63) is 53.5 Å². The molecule has 0 spiro atoms. The average Bonchev–Trinajstić information content (AvgIpc) is 2.96. The molecule has 21 heavy (non-hydrogen) atoms. The van der Waals surface area contributed by atoms with Gasteiger partial charge in [-0.05, 0) is 37.2 Å². The third-order valence-corrected chi connectivity index (χ3v) is 5.02. The summed E-state index contributed by atoms with van der Waals surface area (Å²) < 4.78 is 0. The highest BCUT2D eigenvalue weighted by Gasteiger charge is 2.16. The van der Waals surface area contributed by atoms with Gasteiger partial charge in [-0.25, -0.2) is 0 Å². The molecule has 108 valence electrons. The van der Waals surface area contributed by atoms with Crippen molar-refractivity contribution in [2.75, 3.05) is 7.05 Å². The SMILES string of the molecule is CNC(c1ccc(-c2cccc3ncccc23)s1)C(C)C. The van der Waals surface area contributed by atoms with Crippen LogP contribution >= 0.6 is 11.3 Å². The van der Waals surface area contributed by atoms with Gasteiger partial charge < -0.3 is 5.32 Å². The summed E-state index contributed by atoms with van der Waals surface area (Å²) in [6, 6.07) is 15.4. The lowest BCUT2D eigenvalue weighted by Gasteiger charge is -2.18. The number of hydrogen-bond acceptors (Lipinski definition) is 3. The molecule has 0 aliphatic heterocycles. The lowest BCUT2D eigenvalue weighted by Crippen LogP contribution is -2.20. The van der Waals surface area contributed by atoms with Gasteiger partial charge in [0, 0.05) is 32.9 Å². The largest absolute Gasteiger partial charge is 0.312 e. The Bertz CT molecular complexity index is 740. The molecule has 1 aromatic carbocycles. The number of fused-ring (bicyclic) bond motifs is 1. The number of benzene rings is 1. The Labute approximate surface area is 129 Å². The maximum atomic E-state index is 4.45. The quantitative estimate of drug-likeness (QED) is 0.742. The van der Waals surface area contributed by atoms with E-state index < -0.39 is 0 Å². The van der Waals surface area contributed by atoms with Crippen LogP contribution < -0.4 is 5.32 Å². The summed E-state index contributed by atoms with van der Waals surface area (Å²) in [6.45, 7) is 4.50. The van der Waals surface area contributed by atoms with Crippen LogP contribution in [0, 0.1) is 5.92 Å². The van der Waals surface area contributed by atoms with Gasteiger partial charge in [0.25, 0.3) is 0 Å². The summed E-state index contributed by atoms with van der Waals surface area (Å²) in [4.78, 5) is 7.15. The first-order valence-electron chi connectivity index (χ1n) is 7.32. The Hall–Kier alpha value is -1.71. The second-order valence-electron chi connectivity index (χ2n) is 5.59. The fourth-order valence-corrected chi connectivity index (χ4v) is 4.12. The van der Waals surface area contributed by atoms with E-state index in [1.807, 2.05) is 30.6 Å². The van der Waals surface area contributed by atoms with Gasteiger partial charge in [0.1, 0.15) is 0 Å². The zero-order chi connectivity index (χ0) is 14.8. The molecule has 0 aliphatic rings. The first-order valence-corrected chi connectivity index (χ1v) is 8.13. The molecule has 1 unspecified atom stereocenters. The van der Waals surface area contributed by atoms with E-state index in [1.165, 1.54) is 20.7 Å². The van der Waals surface area contributed by atoms with Crippen LogP contribution in [0.3, 0.4) is 0 Å². The molecule has 1 N–H and O–H groups in total. The normalized spacial score (nSPS) is 13.0. The minimum atomic E-state index is 0.414.